The number of fused-ring (bicyclic) bond motifs is 1. The molecule has 8 heteroatoms. The summed E-state index contributed by atoms with van der Waals surface area (Å²) in [7, 11) is 0. The van der Waals surface area contributed by atoms with Crippen LogP contribution >= 0.6 is 12.4 Å². The van der Waals surface area contributed by atoms with Crippen LogP contribution in [-0.2, 0) is 17.8 Å². The van der Waals surface area contributed by atoms with Gasteiger partial charge in [-0.3, -0.25) is 19.1 Å². The summed E-state index contributed by atoms with van der Waals surface area (Å²) in [6.07, 6.45) is 4.09. The fourth-order valence-corrected chi connectivity index (χ4v) is 2.95. The molecule has 1 unspecified atom stereocenters. The quantitative estimate of drug-likeness (QED) is 0.709. The molecule has 0 saturated heterocycles. The summed E-state index contributed by atoms with van der Waals surface area (Å²) in [5.74, 6) is -0.270. The van der Waals surface area contributed by atoms with Crippen molar-refractivity contribution >= 4 is 24.0 Å². The van der Waals surface area contributed by atoms with Crippen LogP contribution in [0.1, 0.15) is 30.0 Å². The molecule has 1 aliphatic carbocycles. The first-order valence-electron chi connectivity index (χ1n) is 7.50. The maximum absolute atomic E-state index is 12.2. The average Bonchev–Trinajstić information content (AvgIpc) is 2.50. The molecule has 3 rings (SSSR count). The van der Waals surface area contributed by atoms with Crippen molar-refractivity contribution in [3.63, 3.8) is 0 Å². The predicted octanol–water partition coefficient (Wildman–Crippen LogP) is 0.734. The van der Waals surface area contributed by atoms with E-state index in [0.717, 1.165) is 36.1 Å². The van der Waals surface area contributed by atoms with Crippen LogP contribution in [-0.4, -0.2) is 15.5 Å². The highest BCUT2D eigenvalue weighted by Crippen LogP contribution is 2.30. The summed E-state index contributed by atoms with van der Waals surface area (Å²) in [4.78, 5) is 37.0. The molecule has 1 heterocycles. The van der Waals surface area contributed by atoms with Crippen LogP contribution in [0.15, 0.2) is 40.1 Å². The standard InChI is InChI=1S/C16H18N4O3.ClH/c17-11-4-5-12-10(8-11)2-1-3-13(12)18-15(22)9-20-7-6-14(21)19-16(20)23;/h4-8,13H,1-3,9,17H2,(H,18,22)(H,19,21,23);1H. The lowest BCUT2D eigenvalue weighted by atomic mass is 9.87. The number of hydrogen-bond acceptors (Lipinski definition) is 4. The maximum Gasteiger partial charge on any atom is 0.328 e. The van der Waals surface area contributed by atoms with E-state index < -0.39 is 11.2 Å². The van der Waals surface area contributed by atoms with Gasteiger partial charge in [0.15, 0.2) is 0 Å². The van der Waals surface area contributed by atoms with Crippen molar-refractivity contribution in [2.24, 2.45) is 0 Å². The molecule has 0 radical (unpaired) electrons. The number of carbonyl (C=O) groups excluding carboxylic acids is 1. The molecule has 0 aliphatic heterocycles. The lowest BCUT2D eigenvalue weighted by Gasteiger charge is -2.26. The van der Waals surface area contributed by atoms with Gasteiger partial charge in [0.05, 0.1) is 6.04 Å². The second-order valence-electron chi connectivity index (χ2n) is 5.71. The zero-order valence-electron chi connectivity index (χ0n) is 13.0. The summed E-state index contributed by atoms with van der Waals surface area (Å²) in [6, 6.07) is 6.86. The summed E-state index contributed by atoms with van der Waals surface area (Å²) in [6.45, 7) is -0.129. The lowest BCUT2D eigenvalue weighted by molar-refractivity contribution is -0.122. The van der Waals surface area contributed by atoms with Crippen molar-refractivity contribution < 1.29 is 4.79 Å². The molecule has 7 nitrogen and oxygen atoms in total. The molecule has 24 heavy (non-hydrogen) atoms. The van der Waals surface area contributed by atoms with E-state index in [1.54, 1.807) is 0 Å². The largest absolute Gasteiger partial charge is 0.399 e. The Balaban J connectivity index is 0.00000208. The summed E-state index contributed by atoms with van der Waals surface area (Å²) >= 11 is 0. The van der Waals surface area contributed by atoms with Crippen molar-refractivity contribution in [2.75, 3.05) is 5.73 Å². The molecule has 0 fully saturated rings. The highest BCUT2D eigenvalue weighted by atomic mass is 35.5. The second-order valence-corrected chi connectivity index (χ2v) is 5.71. The fraction of sp³-hybridized carbons (Fsp3) is 0.312. The molecule has 0 saturated carbocycles. The van der Waals surface area contributed by atoms with Crippen LogP contribution < -0.4 is 22.3 Å². The van der Waals surface area contributed by atoms with Gasteiger partial charge < -0.3 is 11.1 Å². The number of aromatic nitrogens is 2. The van der Waals surface area contributed by atoms with Crippen LogP contribution in [0.25, 0.3) is 0 Å². The number of H-pyrrole nitrogens is 1. The van der Waals surface area contributed by atoms with Gasteiger partial charge in [-0.2, -0.15) is 0 Å². The van der Waals surface area contributed by atoms with E-state index in [1.807, 2.05) is 18.2 Å². The molecular weight excluding hydrogens is 332 g/mol. The summed E-state index contributed by atoms with van der Waals surface area (Å²) in [5, 5.41) is 2.95. The normalized spacial score (nSPS) is 15.9. The van der Waals surface area contributed by atoms with Gasteiger partial charge in [-0.15, -0.1) is 12.4 Å². The van der Waals surface area contributed by atoms with Gasteiger partial charge >= 0.3 is 5.69 Å². The molecule has 0 spiro atoms. The molecule has 128 valence electrons. The smallest absolute Gasteiger partial charge is 0.328 e. The number of carbonyl (C=O) groups is 1. The van der Waals surface area contributed by atoms with Gasteiger partial charge in [0, 0.05) is 18.0 Å². The number of nitrogens with one attached hydrogen (secondary N) is 2. The number of nitrogens with two attached hydrogens (primary N) is 1. The van der Waals surface area contributed by atoms with Crippen LogP contribution in [0.2, 0.25) is 0 Å². The third-order valence-electron chi connectivity index (χ3n) is 4.03. The Morgan fingerprint density at radius 2 is 2.12 bits per heavy atom. The van der Waals surface area contributed by atoms with Gasteiger partial charge in [0.1, 0.15) is 6.54 Å². The number of aromatic amines is 1. The minimum absolute atomic E-state index is 0. The van der Waals surface area contributed by atoms with Crippen molar-refractivity contribution in [3.8, 4) is 0 Å². The van der Waals surface area contributed by atoms with Crippen molar-refractivity contribution in [3.05, 3.63) is 62.4 Å². The van der Waals surface area contributed by atoms with E-state index in [0.29, 0.717) is 0 Å². The third kappa shape index (κ3) is 3.86. The van der Waals surface area contributed by atoms with Crippen LogP contribution in [0.3, 0.4) is 0 Å². The Kier molecular flexibility index (Phi) is 5.46. The number of amides is 1. The summed E-state index contributed by atoms with van der Waals surface area (Å²) < 4.78 is 1.17. The number of nitrogens with zero attached hydrogens (tertiary/aromatic N) is 1. The fourth-order valence-electron chi connectivity index (χ4n) is 2.95. The molecule has 1 amide bonds. The van der Waals surface area contributed by atoms with E-state index in [1.165, 1.54) is 16.8 Å². The van der Waals surface area contributed by atoms with Crippen molar-refractivity contribution in [1.82, 2.24) is 14.9 Å². The molecule has 4 N–H and O–H groups in total. The van der Waals surface area contributed by atoms with Crippen molar-refractivity contribution in [1.29, 1.82) is 0 Å². The Morgan fingerprint density at radius 1 is 1.33 bits per heavy atom. The topological polar surface area (TPSA) is 110 Å². The Hall–Kier alpha value is -2.54. The number of anilines is 1. The number of nitrogen functional groups attached to an aromatic ring is 1. The van der Waals surface area contributed by atoms with Crippen molar-refractivity contribution in [2.45, 2.75) is 31.8 Å². The van der Waals surface area contributed by atoms with E-state index in [4.69, 9.17) is 5.73 Å². The zero-order valence-corrected chi connectivity index (χ0v) is 13.8. The monoisotopic (exact) mass is 350 g/mol. The number of benzene rings is 1. The van der Waals surface area contributed by atoms with E-state index in [9.17, 15) is 14.4 Å². The highest BCUT2D eigenvalue weighted by molar-refractivity contribution is 5.85. The van der Waals surface area contributed by atoms with Gasteiger partial charge in [0.2, 0.25) is 5.91 Å². The first-order chi connectivity index (χ1) is 11.0. The van der Waals surface area contributed by atoms with Gasteiger partial charge in [-0.25, -0.2) is 4.79 Å². The summed E-state index contributed by atoms with van der Waals surface area (Å²) in [5.41, 5.74) is 7.68. The minimum atomic E-state index is -0.593. The predicted molar refractivity (Wildman–Crippen MR) is 93.2 cm³/mol. The highest BCUT2D eigenvalue weighted by Gasteiger charge is 2.22. The molecule has 0 bridgehead atoms. The third-order valence-corrected chi connectivity index (χ3v) is 4.03. The van der Waals surface area contributed by atoms with E-state index >= 15 is 0 Å². The SMILES string of the molecule is Cl.Nc1ccc2c(c1)CCCC2NC(=O)Cn1ccc(=O)[nH]c1=O. The zero-order chi connectivity index (χ0) is 16.4. The van der Waals surface area contributed by atoms with Crippen LogP contribution in [0, 0.1) is 0 Å². The van der Waals surface area contributed by atoms with E-state index in [-0.39, 0.29) is 30.9 Å². The molecule has 1 atom stereocenters. The first-order valence-corrected chi connectivity index (χ1v) is 7.50. The molecule has 1 aromatic heterocycles. The Bertz CT molecular complexity index is 859. The van der Waals surface area contributed by atoms with Crippen LogP contribution in [0.4, 0.5) is 5.69 Å². The minimum Gasteiger partial charge on any atom is -0.399 e. The molecule has 1 aromatic carbocycles. The number of aryl methyl sites for hydroxylation is 1. The number of hydrogen-bond donors (Lipinski definition) is 3. The van der Waals surface area contributed by atoms with Gasteiger partial charge in [-0.1, -0.05) is 6.07 Å². The van der Waals surface area contributed by atoms with E-state index in [2.05, 4.69) is 10.3 Å². The number of rotatable bonds is 3. The maximum atomic E-state index is 12.2. The second kappa shape index (κ2) is 7.35. The Labute approximate surface area is 144 Å². The number of halogens is 1. The molecular formula is C16H19ClN4O3. The molecule has 2 aromatic rings. The Morgan fingerprint density at radius 3 is 2.88 bits per heavy atom. The lowest BCUT2D eigenvalue weighted by Crippen LogP contribution is -2.37. The van der Waals surface area contributed by atoms with Crippen LogP contribution in [0.5, 0.6) is 0 Å². The van der Waals surface area contributed by atoms with Gasteiger partial charge in [0.25, 0.3) is 5.56 Å². The average molecular weight is 351 g/mol. The molecule has 1 aliphatic rings. The van der Waals surface area contributed by atoms with Gasteiger partial charge in [-0.05, 0) is 42.5 Å². The first kappa shape index (κ1) is 17.8.